The van der Waals surface area contributed by atoms with Crippen molar-refractivity contribution in [3.63, 3.8) is 0 Å². The number of halogens is 3. The van der Waals surface area contributed by atoms with Crippen LogP contribution in [0.3, 0.4) is 0 Å². The molecule has 0 radical (unpaired) electrons. The fourth-order valence-electron chi connectivity index (χ4n) is 0.364. The molecule has 0 aliphatic rings. The van der Waals surface area contributed by atoms with Crippen molar-refractivity contribution in [2.75, 3.05) is 0 Å². The molecule has 48 valence electrons. The molecule has 2 nitrogen and oxygen atoms in total. The molecule has 0 aliphatic carbocycles. The summed E-state index contributed by atoms with van der Waals surface area (Å²) in [6.07, 6.45) is 0. The maximum absolute atomic E-state index is 3.93. The first-order valence-electron chi connectivity index (χ1n) is 2.04. The third kappa shape index (κ3) is 2.31. The summed E-state index contributed by atoms with van der Waals surface area (Å²) in [4.78, 5) is 7.85. The first-order valence-corrected chi connectivity index (χ1v) is 4.42. The Morgan fingerprint density at radius 1 is 1.00 bits per heavy atom. The molecule has 1 rings (SSSR count). The van der Waals surface area contributed by atoms with Gasteiger partial charge >= 0.3 is 0 Å². The fourth-order valence-corrected chi connectivity index (χ4v) is 2.30. The van der Waals surface area contributed by atoms with Gasteiger partial charge in [-0.15, -0.1) is 0 Å². The first-order chi connectivity index (χ1) is 4.18. The lowest BCUT2D eigenvalue weighted by Gasteiger charge is -1.90. The van der Waals surface area contributed by atoms with Gasteiger partial charge in [-0.05, 0) is 47.8 Å². The lowest BCUT2D eigenvalue weighted by atomic mass is 10.7. The van der Waals surface area contributed by atoms with Crippen LogP contribution in [-0.4, -0.2) is 9.97 Å². The highest BCUT2D eigenvalue weighted by Crippen LogP contribution is 2.15. The van der Waals surface area contributed by atoms with Crippen molar-refractivity contribution in [1.82, 2.24) is 9.97 Å². The average molecular weight is 317 g/mol. The van der Waals surface area contributed by atoms with Crippen LogP contribution in [0.4, 0.5) is 0 Å². The quantitative estimate of drug-likeness (QED) is 0.543. The van der Waals surface area contributed by atoms with E-state index in [2.05, 4.69) is 57.8 Å². The second-order valence-electron chi connectivity index (χ2n) is 1.28. The summed E-state index contributed by atoms with van der Waals surface area (Å²) in [5.41, 5.74) is 0. The normalized spacial score (nSPS) is 9.67. The number of rotatable bonds is 0. The Morgan fingerprint density at radius 2 is 1.44 bits per heavy atom. The van der Waals surface area contributed by atoms with Crippen LogP contribution in [0.1, 0.15) is 0 Å². The molecule has 9 heavy (non-hydrogen) atoms. The predicted octanol–water partition coefficient (Wildman–Crippen LogP) is 2.76. The van der Waals surface area contributed by atoms with Crippen LogP contribution in [0.25, 0.3) is 0 Å². The van der Waals surface area contributed by atoms with Gasteiger partial charge < -0.3 is 0 Å². The first kappa shape index (κ1) is 7.63. The van der Waals surface area contributed by atoms with E-state index < -0.39 is 0 Å². The summed E-state index contributed by atoms with van der Waals surface area (Å²) in [6, 6.07) is 1.77. The van der Waals surface area contributed by atoms with Crippen molar-refractivity contribution in [3.8, 4) is 0 Å². The van der Waals surface area contributed by atoms with Crippen molar-refractivity contribution in [1.29, 1.82) is 0 Å². The Labute approximate surface area is 77.5 Å². The molecule has 5 heteroatoms. The summed E-state index contributed by atoms with van der Waals surface area (Å²) in [5, 5.41) is 0. The van der Waals surface area contributed by atoms with Gasteiger partial charge in [0.25, 0.3) is 0 Å². The van der Waals surface area contributed by atoms with E-state index in [4.69, 9.17) is 0 Å². The van der Waals surface area contributed by atoms with Gasteiger partial charge in [0.1, 0.15) is 9.21 Å². The molecule has 1 heterocycles. The minimum absolute atomic E-state index is 0.573. The highest BCUT2D eigenvalue weighted by molar-refractivity contribution is 9.11. The fraction of sp³-hybridized carbons (Fsp3) is 0. The lowest BCUT2D eigenvalue weighted by Crippen LogP contribution is -1.82. The maximum Gasteiger partial charge on any atom is 0.198 e. The lowest BCUT2D eigenvalue weighted by molar-refractivity contribution is 1.06. The van der Waals surface area contributed by atoms with Crippen molar-refractivity contribution in [2.45, 2.75) is 0 Å². The molecule has 0 bridgehead atoms. The van der Waals surface area contributed by atoms with Crippen LogP contribution in [0, 0.1) is 0 Å². The van der Waals surface area contributed by atoms with Gasteiger partial charge in [-0.3, -0.25) is 0 Å². The standard InChI is InChI=1S/C4HBr3N2/c5-2-1-3(6)9-4(7)8-2/h1H. The minimum Gasteiger partial charge on any atom is -0.215 e. The van der Waals surface area contributed by atoms with Crippen molar-refractivity contribution >= 4 is 47.8 Å². The van der Waals surface area contributed by atoms with Gasteiger partial charge in [0.2, 0.25) is 0 Å². The molecule has 0 N–H and O–H groups in total. The molecular weight excluding hydrogens is 316 g/mol. The molecule has 1 aromatic rings. The molecule has 0 aliphatic heterocycles. The van der Waals surface area contributed by atoms with Gasteiger partial charge in [-0.25, -0.2) is 9.97 Å². The van der Waals surface area contributed by atoms with Gasteiger partial charge in [0.15, 0.2) is 4.73 Å². The zero-order valence-electron chi connectivity index (χ0n) is 4.11. The third-order valence-corrected chi connectivity index (χ3v) is 1.80. The SMILES string of the molecule is Brc1cc(Br)nc(Br)n1. The van der Waals surface area contributed by atoms with E-state index in [-0.39, 0.29) is 0 Å². The molecule has 0 saturated heterocycles. The zero-order valence-corrected chi connectivity index (χ0v) is 8.86. The Kier molecular flexibility index (Phi) is 2.60. The predicted molar refractivity (Wildman–Crippen MR) is 45.1 cm³/mol. The molecule has 0 atom stereocenters. The minimum atomic E-state index is 0.573. The second-order valence-corrected chi connectivity index (χ2v) is 3.62. The molecule has 1 aromatic heterocycles. The van der Waals surface area contributed by atoms with Crippen molar-refractivity contribution in [2.24, 2.45) is 0 Å². The molecule has 0 spiro atoms. The Morgan fingerprint density at radius 3 is 1.78 bits per heavy atom. The van der Waals surface area contributed by atoms with E-state index in [1.54, 1.807) is 6.07 Å². The third-order valence-electron chi connectivity index (χ3n) is 0.636. The Balaban J connectivity index is 3.17. The van der Waals surface area contributed by atoms with E-state index in [1.165, 1.54) is 0 Å². The number of hydrogen-bond acceptors (Lipinski definition) is 2. The van der Waals surface area contributed by atoms with Crippen LogP contribution < -0.4 is 0 Å². The summed E-state index contributed by atoms with van der Waals surface area (Å²) in [5.74, 6) is 0. The molecular formula is C4HBr3N2. The van der Waals surface area contributed by atoms with Crippen molar-refractivity contribution in [3.05, 3.63) is 20.0 Å². The average Bonchev–Trinajstić information content (AvgIpc) is 1.59. The van der Waals surface area contributed by atoms with Crippen LogP contribution in [0.2, 0.25) is 0 Å². The van der Waals surface area contributed by atoms with E-state index >= 15 is 0 Å². The van der Waals surface area contributed by atoms with Gasteiger partial charge in [0.05, 0.1) is 0 Å². The molecule has 0 aromatic carbocycles. The molecule has 0 saturated carbocycles. The van der Waals surface area contributed by atoms with E-state index in [9.17, 15) is 0 Å². The van der Waals surface area contributed by atoms with Crippen LogP contribution in [0.5, 0.6) is 0 Å². The van der Waals surface area contributed by atoms with Crippen molar-refractivity contribution < 1.29 is 0 Å². The van der Waals surface area contributed by atoms with Crippen LogP contribution in [-0.2, 0) is 0 Å². The Bertz CT molecular complexity index is 175. The van der Waals surface area contributed by atoms with Gasteiger partial charge in [-0.2, -0.15) is 0 Å². The van der Waals surface area contributed by atoms with Crippen LogP contribution >= 0.6 is 47.8 Å². The number of aromatic nitrogens is 2. The smallest absolute Gasteiger partial charge is 0.198 e. The van der Waals surface area contributed by atoms with Gasteiger partial charge in [-0.1, -0.05) is 0 Å². The highest BCUT2D eigenvalue weighted by Gasteiger charge is 1.94. The molecule has 0 amide bonds. The Hall–Kier alpha value is 0.520. The van der Waals surface area contributed by atoms with E-state index in [1.807, 2.05) is 0 Å². The maximum atomic E-state index is 3.93. The molecule has 0 fully saturated rings. The van der Waals surface area contributed by atoms with Crippen LogP contribution in [0.15, 0.2) is 20.0 Å². The summed E-state index contributed by atoms with van der Waals surface area (Å²) in [7, 11) is 0. The number of nitrogens with zero attached hydrogens (tertiary/aromatic N) is 2. The summed E-state index contributed by atoms with van der Waals surface area (Å²) >= 11 is 9.53. The second kappa shape index (κ2) is 3.07. The van der Waals surface area contributed by atoms with E-state index in [0.29, 0.717) is 4.73 Å². The number of hydrogen-bond donors (Lipinski definition) is 0. The largest absolute Gasteiger partial charge is 0.215 e. The van der Waals surface area contributed by atoms with E-state index in [0.717, 1.165) is 9.21 Å². The highest BCUT2D eigenvalue weighted by atomic mass is 79.9. The summed E-state index contributed by atoms with van der Waals surface area (Å²) in [6.45, 7) is 0. The molecule has 0 unspecified atom stereocenters. The monoisotopic (exact) mass is 314 g/mol. The topological polar surface area (TPSA) is 25.8 Å². The van der Waals surface area contributed by atoms with Gasteiger partial charge in [0, 0.05) is 6.07 Å². The summed E-state index contributed by atoms with van der Waals surface area (Å²) < 4.78 is 2.09. The zero-order chi connectivity index (χ0) is 6.85.